The third-order valence-electron chi connectivity index (χ3n) is 4.89. The van der Waals surface area contributed by atoms with E-state index in [0.717, 1.165) is 22.5 Å². The van der Waals surface area contributed by atoms with Gasteiger partial charge in [-0.15, -0.1) is 0 Å². The van der Waals surface area contributed by atoms with E-state index < -0.39 is 35.6 Å². The van der Waals surface area contributed by atoms with Crippen molar-refractivity contribution < 1.29 is 27.6 Å². The molecule has 0 saturated carbocycles. The monoisotopic (exact) mass is 489 g/mol. The lowest BCUT2D eigenvalue weighted by atomic mass is 10.1. The van der Waals surface area contributed by atoms with Gasteiger partial charge in [-0.25, -0.2) is 0 Å². The van der Waals surface area contributed by atoms with E-state index >= 15 is 0 Å². The number of amides is 2. The maximum Gasteiger partial charge on any atom is 0.450 e. The molecule has 3 aromatic rings. The molecule has 0 bridgehead atoms. The number of carbonyl (C=O) groups excluding carboxylic acids is 3. The number of alkyl halides is 3. The van der Waals surface area contributed by atoms with Gasteiger partial charge in [0, 0.05) is 18.1 Å². The predicted molar refractivity (Wildman–Crippen MR) is 126 cm³/mol. The highest BCUT2D eigenvalue weighted by molar-refractivity contribution is 7.99. The minimum absolute atomic E-state index is 0.179. The summed E-state index contributed by atoms with van der Waals surface area (Å²) in [6.45, 7) is 0. The first-order valence-electron chi connectivity index (χ1n) is 10.4. The van der Waals surface area contributed by atoms with Gasteiger partial charge in [-0.2, -0.15) is 24.9 Å². The number of nitrogens with zero attached hydrogens (tertiary/aromatic N) is 1. The van der Waals surface area contributed by atoms with Crippen LogP contribution in [0.15, 0.2) is 67.0 Å². The Labute approximate surface area is 198 Å². The lowest BCUT2D eigenvalue weighted by Gasteiger charge is -2.19. The second-order valence-electron chi connectivity index (χ2n) is 7.43. The van der Waals surface area contributed by atoms with Crippen molar-refractivity contribution >= 4 is 45.8 Å². The molecule has 10 heteroatoms. The molecule has 0 saturated heterocycles. The molecule has 2 amide bonds. The molecule has 2 N–H and O–H groups in total. The number of ketones is 1. The van der Waals surface area contributed by atoms with Crippen molar-refractivity contribution in [1.29, 1.82) is 0 Å². The molecule has 0 unspecified atom stereocenters. The number of nitrogens with one attached hydrogen (secondary N) is 2. The highest BCUT2D eigenvalue weighted by Crippen LogP contribution is 2.21. The molecule has 1 heterocycles. The van der Waals surface area contributed by atoms with E-state index in [2.05, 4.69) is 15.6 Å². The van der Waals surface area contributed by atoms with Crippen molar-refractivity contribution in [2.24, 2.45) is 0 Å². The van der Waals surface area contributed by atoms with Crippen LogP contribution in [-0.4, -0.2) is 46.3 Å². The summed E-state index contributed by atoms with van der Waals surface area (Å²) in [5.41, 5.74) is 0.825. The Morgan fingerprint density at radius 3 is 2.47 bits per heavy atom. The minimum atomic E-state index is -4.85. The topological polar surface area (TPSA) is 88.2 Å². The third-order valence-corrected chi connectivity index (χ3v) is 5.94. The fraction of sp³-hybridized carbons (Fsp3) is 0.250. The van der Waals surface area contributed by atoms with Crippen LogP contribution in [0.3, 0.4) is 0 Å². The first kappa shape index (κ1) is 25.2. The van der Waals surface area contributed by atoms with Gasteiger partial charge < -0.3 is 10.6 Å². The van der Waals surface area contributed by atoms with Crippen LogP contribution >= 0.6 is 11.8 Å². The Hall–Kier alpha value is -3.40. The number of aromatic nitrogens is 1. The molecule has 2 aromatic carbocycles. The summed E-state index contributed by atoms with van der Waals surface area (Å²) in [7, 11) is 0. The van der Waals surface area contributed by atoms with Crippen LogP contribution in [0.25, 0.3) is 10.8 Å². The van der Waals surface area contributed by atoms with E-state index in [4.69, 9.17) is 0 Å². The van der Waals surface area contributed by atoms with Gasteiger partial charge in [-0.1, -0.05) is 30.3 Å². The lowest BCUT2D eigenvalue weighted by molar-refractivity contribution is -0.167. The number of thioether (sulfide) groups is 1. The Morgan fingerprint density at radius 1 is 1.00 bits per heavy atom. The first-order chi connectivity index (χ1) is 16.2. The fourth-order valence-electron chi connectivity index (χ4n) is 3.14. The lowest BCUT2D eigenvalue weighted by Crippen LogP contribution is -2.44. The molecule has 0 aliphatic rings. The number of Topliss-reactive ketones (excluding diaryl/α,β-unsaturated/α-hetero) is 1. The SMILES string of the molecule is O=C(N[C@@H](CCCSCC(=O)C(F)(F)F)C(=O)Nc1ccc2ccccc2c1)c1cccnc1. The van der Waals surface area contributed by atoms with Gasteiger partial charge in [-0.05, 0) is 53.6 Å². The van der Waals surface area contributed by atoms with Gasteiger partial charge in [0.05, 0.1) is 11.3 Å². The summed E-state index contributed by atoms with van der Waals surface area (Å²) < 4.78 is 37.0. The molecule has 6 nitrogen and oxygen atoms in total. The average molecular weight is 490 g/mol. The molecule has 178 valence electrons. The summed E-state index contributed by atoms with van der Waals surface area (Å²) >= 11 is 0.839. The van der Waals surface area contributed by atoms with E-state index in [-0.39, 0.29) is 17.7 Å². The standard InChI is InChI=1S/C24H22F3N3O3S/c25-24(26,27)21(31)15-34-12-4-8-20(30-22(32)18-7-3-11-28-14-18)23(33)29-19-10-9-16-5-1-2-6-17(16)13-19/h1-3,5-7,9-11,13-14,20H,4,8,12,15H2,(H,29,33)(H,30,32)/t20-/m0/s1. The van der Waals surface area contributed by atoms with Crippen molar-refractivity contribution in [2.75, 3.05) is 16.8 Å². The van der Waals surface area contributed by atoms with Crippen molar-refractivity contribution in [3.63, 3.8) is 0 Å². The van der Waals surface area contributed by atoms with E-state index in [1.807, 2.05) is 36.4 Å². The number of pyridine rings is 1. The van der Waals surface area contributed by atoms with Crippen LogP contribution in [0, 0.1) is 0 Å². The quantitative estimate of drug-likeness (QED) is 0.406. The zero-order valence-corrected chi connectivity index (χ0v) is 18.8. The van der Waals surface area contributed by atoms with Crippen LogP contribution < -0.4 is 10.6 Å². The Bertz CT molecular complexity index is 1160. The van der Waals surface area contributed by atoms with Crippen molar-refractivity contribution in [3.05, 3.63) is 72.6 Å². The smallest absolute Gasteiger partial charge is 0.340 e. The summed E-state index contributed by atoms with van der Waals surface area (Å²) in [6, 6.07) is 15.3. The van der Waals surface area contributed by atoms with Crippen LogP contribution in [-0.2, 0) is 9.59 Å². The normalized spacial score (nSPS) is 12.2. The number of anilines is 1. The first-order valence-corrected chi connectivity index (χ1v) is 11.6. The van der Waals surface area contributed by atoms with Crippen LogP contribution in [0.5, 0.6) is 0 Å². The Morgan fingerprint density at radius 2 is 1.76 bits per heavy atom. The number of carbonyl (C=O) groups is 3. The molecule has 1 aromatic heterocycles. The highest BCUT2D eigenvalue weighted by atomic mass is 32.2. The Kier molecular flexibility index (Phi) is 8.64. The molecule has 34 heavy (non-hydrogen) atoms. The number of hydrogen-bond donors (Lipinski definition) is 2. The molecular weight excluding hydrogens is 467 g/mol. The third kappa shape index (κ3) is 7.31. The van der Waals surface area contributed by atoms with E-state index in [1.54, 1.807) is 18.2 Å². The van der Waals surface area contributed by atoms with Gasteiger partial charge in [0.1, 0.15) is 6.04 Å². The molecular formula is C24H22F3N3O3S. The van der Waals surface area contributed by atoms with Gasteiger partial charge >= 0.3 is 6.18 Å². The summed E-state index contributed by atoms with van der Waals surface area (Å²) in [5, 5.41) is 7.40. The van der Waals surface area contributed by atoms with Gasteiger partial charge in [-0.3, -0.25) is 19.4 Å². The highest BCUT2D eigenvalue weighted by Gasteiger charge is 2.37. The zero-order chi connectivity index (χ0) is 24.6. The Balaban J connectivity index is 1.63. The van der Waals surface area contributed by atoms with Gasteiger partial charge in [0.15, 0.2) is 0 Å². The molecule has 1 atom stereocenters. The van der Waals surface area contributed by atoms with E-state index in [0.29, 0.717) is 12.1 Å². The van der Waals surface area contributed by atoms with Crippen molar-refractivity contribution in [3.8, 4) is 0 Å². The summed E-state index contributed by atoms with van der Waals surface area (Å²) in [4.78, 5) is 40.4. The number of halogens is 3. The number of benzene rings is 2. The number of rotatable bonds is 10. The maximum absolute atomic E-state index is 13.0. The second-order valence-corrected chi connectivity index (χ2v) is 8.54. The minimum Gasteiger partial charge on any atom is -0.340 e. The zero-order valence-electron chi connectivity index (χ0n) is 18.0. The van der Waals surface area contributed by atoms with Gasteiger partial charge in [0.2, 0.25) is 11.7 Å². The largest absolute Gasteiger partial charge is 0.450 e. The van der Waals surface area contributed by atoms with Crippen LogP contribution in [0.4, 0.5) is 18.9 Å². The van der Waals surface area contributed by atoms with Crippen molar-refractivity contribution in [1.82, 2.24) is 10.3 Å². The van der Waals surface area contributed by atoms with E-state index in [1.165, 1.54) is 12.4 Å². The fourth-order valence-corrected chi connectivity index (χ4v) is 4.00. The number of fused-ring (bicyclic) bond motifs is 1. The van der Waals surface area contributed by atoms with Crippen LogP contribution in [0.1, 0.15) is 23.2 Å². The molecule has 3 rings (SSSR count). The van der Waals surface area contributed by atoms with Crippen LogP contribution in [0.2, 0.25) is 0 Å². The second kappa shape index (κ2) is 11.6. The molecule has 0 spiro atoms. The number of hydrogen-bond acceptors (Lipinski definition) is 5. The average Bonchev–Trinajstić information content (AvgIpc) is 2.82. The molecule has 0 radical (unpaired) electrons. The molecule has 0 aliphatic heterocycles. The van der Waals surface area contributed by atoms with Gasteiger partial charge in [0.25, 0.3) is 5.91 Å². The molecule has 0 fully saturated rings. The maximum atomic E-state index is 13.0. The van der Waals surface area contributed by atoms with E-state index in [9.17, 15) is 27.6 Å². The summed E-state index contributed by atoms with van der Waals surface area (Å²) in [6.07, 6.45) is -1.48. The summed E-state index contributed by atoms with van der Waals surface area (Å²) in [5.74, 6) is -3.20. The van der Waals surface area contributed by atoms with Crippen molar-refractivity contribution in [2.45, 2.75) is 25.1 Å². The predicted octanol–water partition coefficient (Wildman–Crippen LogP) is 4.62. The molecule has 0 aliphatic carbocycles.